The van der Waals surface area contributed by atoms with E-state index in [0.717, 1.165) is 24.3 Å². The fourth-order valence-corrected chi connectivity index (χ4v) is 3.87. The first-order chi connectivity index (χ1) is 11.2. The molecule has 1 fully saturated rings. The number of carbonyl (C=O) groups excluding carboxylic acids is 1. The van der Waals surface area contributed by atoms with Crippen molar-refractivity contribution in [3.05, 3.63) is 35.1 Å². The van der Waals surface area contributed by atoms with E-state index in [1.165, 1.54) is 0 Å². The number of amides is 1. The molecule has 1 aromatic rings. The Morgan fingerprint density at radius 2 is 2.12 bits per heavy atom. The summed E-state index contributed by atoms with van der Waals surface area (Å²) in [5, 5.41) is 2.57. The minimum absolute atomic E-state index is 0.142. The maximum atomic E-state index is 13.1. The highest BCUT2D eigenvalue weighted by Crippen LogP contribution is 2.33. The number of rotatable bonds is 4. The molecule has 1 amide bonds. The van der Waals surface area contributed by atoms with Gasteiger partial charge in [0.1, 0.15) is 5.82 Å². The van der Waals surface area contributed by atoms with E-state index in [2.05, 4.69) is 5.32 Å². The van der Waals surface area contributed by atoms with Crippen molar-refractivity contribution in [2.45, 2.75) is 51.5 Å². The van der Waals surface area contributed by atoms with Crippen LogP contribution in [0.15, 0.2) is 18.2 Å². The van der Waals surface area contributed by atoms with E-state index in [1.54, 1.807) is 11.9 Å². The van der Waals surface area contributed by atoms with Crippen molar-refractivity contribution in [3.8, 4) is 0 Å². The third-order valence-corrected chi connectivity index (χ3v) is 5.26. The molecule has 0 aliphatic carbocycles. The Hall–Kier alpha value is -1.28. The van der Waals surface area contributed by atoms with Crippen LogP contribution in [-0.4, -0.2) is 28.0 Å². The van der Waals surface area contributed by atoms with Crippen molar-refractivity contribution in [3.63, 3.8) is 0 Å². The predicted molar refractivity (Wildman–Crippen MR) is 85.7 cm³/mol. The Balaban J connectivity index is 2.09. The number of carbonyl (C=O) groups is 1. The molecule has 8 heteroatoms. The molecule has 1 aromatic carbocycles. The normalized spacial score (nSPS) is 19.5. The maximum absolute atomic E-state index is 13.1. The summed E-state index contributed by atoms with van der Waals surface area (Å²) in [6, 6.07) is 2.28. The third-order valence-electron chi connectivity index (χ3n) is 3.81. The molecule has 3 nitrogen and oxygen atoms in total. The first-order valence-electron chi connectivity index (χ1n) is 7.74. The molecular formula is C16H20F4N2OS. The molecule has 0 saturated carbocycles. The number of nitrogens with zero attached hydrogens (tertiary/aromatic N) is 1. The van der Waals surface area contributed by atoms with Gasteiger partial charge in [-0.2, -0.15) is 13.2 Å². The summed E-state index contributed by atoms with van der Waals surface area (Å²) in [5.41, 5.74) is -1.20. The largest absolute Gasteiger partial charge is 0.416 e. The quantitative estimate of drug-likeness (QED) is 0.648. The van der Waals surface area contributed by atoms with Crippen LogP contribution in [0.25, 0.3) is 0 Å². The Morgan fingerprint density at radius 1 is 1.42 bits per heavy atom. The summed E-state index contributed by atoms with van der Waals surface area (Å²) in [7, 11) is 0. The number of halogens is 4. The van der Waals surface area contributed by atoms with Crippen molar-refractivity contribution in [1.82, 2.24) is 9.62 Å². The molecule has 1 unspecified atom stereocenters. The molecule has 134 valence electrons. The van der Waals surface area contributed by atoms with Crippen LogP contribution < -0.4 is 5.32 Å². The zero-order valence-electron chi connectivity index (χ0n) is 13.5. The first kappa shape index (κ1) is 19.1. The van der Waals surface area contributed by atoms with E-state index in [4.69, 9.17) is 0 Å². The van der Waals surface area contributed by atoms with Gasteiger partial charge in [0, 0.05) is 18.3 Å². The first-order valence-corrected chi connectivity index (χ1v) is 8.69. The SMILES string of the molecule is CC(C)N1SCCCC1C(=O)NCc1ccc(F)cc1C(F)(F)F. The van der Waals surface area contributed by atoms with Gasteiger partial charge in [0.05, 0.1) is 11.6 Å². The summed E-state index contributed by atoms with van der Waals surface area (Å²) >= 11 is 1.58. The van der Waals surface area contributed by atoms with Crippen LogP contribution in [0.3, 0.4) is 0 Å². The fourth-order valence-electron chi connectivity index (χ4n) is 2.69. The molecule has 0 bridgehead atoms. The molecule has 0 aromatic heterocycles. The molecule has 1 saturated heterocycles. The van der Waals surface area contributed by atoms with E-state index in [0.29, 0.717) is 12.5 Å². The van der Waals surface area contributed by atoms with Crippen LogP contribution in [0.5, 0.6) is 0 Å². The second-order valence-electron chi connectivity index (χ2n) is 5.96. The van der Waals surface area contributed by atoms with E-state index >= 15 is 0 Å². The van der Waals surface area contributed by atoms with Crippen molar-refractivity contribution in [2.24, 2.45) is 0 Å². The lowest BCUT2D eigenvalue weighted by atomic mass is 10.1. The maximum Gasteiger partial charge on any atom is 0.416 e. The summed E-state index contributed by atoms with van der Waals surface area (Å²) in [6.07, 6.45) is -3.10. The van der Waals surface area contributed by atoms with Crippen LogP contribution in [0, 0.1) is 5.82 Å². The van der Waals surface area contributed by atoms with Crippen LogP contribution in [0.4, 0.5) is 17.6 Å². The smallest absolute Gasteiger partial charge is 0.351 e. The molecule has 1 aliphatic heterocycles. The zero-order chi connectivity index (χ0) is 17.9. The summed E-state index contributed by atoms with van der Waals surface area (Å²) in [4.78, 5) is 12.4. The molecule has 0 spiro atoms. The Kier molecular flexibility index (Phi) is 6.14. The van der Waals surface area contributed by atoms with Gasteiger partial charge in [0.15, 0.2) is 0 Å². The minimum atomic E-state index is -4.66. The van der Waals surface area contributed by atoms with Crippen molar-refractivity contribution < 1.29 is 22.4 Å². The van der Waals surface area contributed by atoms with Gasteiger partial charge in [-0.05, 0) is 44.4 Å². The number of nitrogens with one attached hydrogen (secondary N) is 1. The standard InChI is InChI=1S/C16H20F4N2OS/c1-10(2)22-14(4-3-7-24-22)15(23)21-9-11-5-6-12(17)8-13(11)16(18,19)20/h5-6,8,10,14H,3-4,7,9H2,1-2H3,(H,21,23). The molecule has 1 heterocycles. The lowest BCUT2D eigenvalue weighted by molar-refractivity contribution is -0.138. The van der Waals surface area contributed by atoms with Gasteiger partial charge in [-0.3, -0.25) is 4.79 Å². The van der Waals surface area contributed by atoms with E-state index < -0.39 is 17.6 Å². The van der Waals surface area contributed by atoms with Gasteiger partial charge in [0.2, 0.25) is 5.91 Å². The number of benzene rings is 1. The van der Waals surface area contributed by atoms with Gasteiger partial charge in [-0.25, -0.2) is 8.70 Å². The van der Waals surface area contributed by atoms with E-state index in [1.807, 2.05) is 18.2 Å². The summed E-state index contributed by atoms with van der Waals surface area (Å²) in [6.45, 7) is 3.67. The van der Waals surface area contributed by atoms with Crippen LogP contribution in [0.1, 0.15) is 37.8 Å². The molecular weight excluding hydrogens is 344 g/mol. The second kappa shape index (κ2) is 7.74. The van der Waals surface area contributed by atoms with Crippen LogP contribution in [0.2, 0.25) is 0 Å². The van der Waals surface area contributed by atoms with E-state index in [-0.39, 0.29) is 30.1 Å². The fraction of sp³-hybridized carbons (Fsp3) is 0.562. The lowest BCUT2D eigenvalue weighted by Crippen LogP contribution is -2.48. The molecule has 1 aliphatic rings. The topological polar surface area (TPSA) is 32.3 Å². The van der Waals surface area contributed by atoms with Gasteiger partial charge >= 0.3 is 6.18 Å². The average molecular weight is 364 g/mol. The predicted octanol–water partition coefficient (Wildman–Crippen LogP) is 3.98. The Morgan fingerprint density at radius 3 is 2.75 bits per heavy atom. The highest BCUT2D eigenvalue weighted by Gasteiger charge is 2.35. The van der Waals surface area contributed by atoms with E-state index in [9.17, 15) is 22.4 Å². The summed E-state index contributed by atoms with van der Waals surface area (Å²) in [5.74, 6) is -0.321. The zero-order valence-corrected chi connectivity index (χ0v) is 14.3. The highest BCUT2D eigenvalue weighted by molar-refractivity contribution is 7.97. The average Bonchev–Trinajstić information content (AvgIpc) is 2.52. The van der Waals surface area contributed by atoms with Crippen molar-refractivity contribution in [2.75, 3.05) is 5.75 Å². The minimum Gasteiger partial charge on any atom is -0.351 e. The van der Waals surface area contributed by atoms with Crippen LogP contribution in [-0.2, 0) is 17.5 Å². The Labute approximate surface area is 142 Å². The molecule has 2 rings (SSSR count). The molecule has 0 radical (unpaired) electrons. The highest BCUT2D eigenvalue weighted by atomic mass is 32.2. The monoisotopic (exact) mass is 364 g/mol. The van der Waals surface area contributed by atoms with Gasteiger partial charge < -0.3 is 5.32 Å². The molecule has 1 N–H and O–H groups in total. The molecule has 24 heavy (non-hydrogen) atoms. The molecule has 1 atom stereocenters. The number of hydrogen-bond donors (Lipinski definition) is 1. The Bertz CT molecular complexity index is 592. The van der Waals surface area contributed by atoms with Gasteiger partial charge in [-0.15, -0.1) is 0 Å². The lowest BCUT2D eigenvalue weighted by Gasteiger charge is -2.36. The third kappa shape index (κ3) is 4.63. The second-order valence-corrected chi connectivity index (χ2v) is 7.05. The number of hydrogen-bond acceptors (Lipinski definition) is 3. The summed E-state index contributed by atoms with van der Waals surface area (Å²) < 4.78 is 54.0. The van der Waals surface area contributed by atoms with Crippen molar-refractivity contribution in [1.29, 1.82) is 0 Å². The van der Waals surface area contributed by atoms with Crippen LogP contribution >= 0.6 is 11.9 Å². The van der Waals surface area contributed by atoms with Crippen molar-refractivity contribution >= 4 is 17.9 Å². The van der Waals surface area contributed by atoms with Gasteiger partial charge in [-0.1, -0.05) is 18.0 Å². The number of alkyl halides is 3. The van der Waals surface area contributed by atoms with Gasteiger partial charge in [0.25, 0.3) is 0 Å².